The molecule has 0 aliphatic carbocycles. The number of carbonyl (C=O) groups excluding carboxylic acids is 1. The number of likely N-dealkylation sites (N-methyl/N-ethyl adjacent to an activating group) is 1. The van der Waals surface area contributed by atoms with Gasteiger partial charge in [0.25, 0.3) is 0 Å². The topological polar surface area (TPSA) is 54.5 Å². The lowest BCUT2D eigenvalue weighted by Gasteiger charge is -2.32. The second-order valence-electron chi connectivity index (χ2n) is 4.52. The van der Waals surface area contributed by atoms with Gasteiger partial charge in [-0.25, -0.2) is 0 Å². The van der Waals surface area contributed by atoms with Gasteiger partial charge in [0.05, 0.1) is 24.9 Å². The molecule has 1 amide bonds. The van der Waals surface area contributed by atoms with Crippen molar-refractivity contribution in [1.29, 1.82) is 0 Å². The lowest BCUT2D eigenvalue weighted by Crippen LogP contribution is -2.55. The Balaban J connectivity index is 0.00000180. The third-order valence-electron chi connectivity index (χ3n) is 3.08. The van der Waals surface area contributed by atoms with Gasteiger partial charge in [0.2, 0.25) is 5.91 Å². The Labute approximate surface area is 131 Å². The smallest absolute Gasteiger partial charge is 0.242 e. The van der Waals surface area contributed by atoms with Crippen LogP contribution < -0.4 is 5.32 Å². The Kier molecular flexibility index (Phi) is 8.73. The third-order valence-corrected chi connectivity index (χ3v) is 3.08. The van der Waals surface area contributed by atoms with E-state index in [2.05, 4.69) is 10.3 Å². The lowest BCUT2D eigenvalue weighted by atomic mass is 10.1. The molecule has 0 unspecified atom stereocenters. The molecule has 1 fully saturated rings. The van der Waals surface area contributed by atoms with E-state index in [4.69, 9.17) is 4.74 Å². The van der Waals surface area contributed by atoms with Gasteiger partial charge in [-0.05, 0) is 19.1 Å². The molecular weight excluding hydrogens is 301 g/mol. The average molecular weight is 322 g/mol. The average Bonchev–Trinajstić information content (AvgIpc) is 2.39. The normalized spacial score (nSPS) is 21.3. The van der Waals surface area contributed by atoms with E-state index in [9.17, 15) is 4.79 Å². The fourth-order valence-electron chi connectivity index (χ4n) is 2.06. The van der Waals surface area contributed by atoms with Crippen LogP contribution in [0.4, 0.5) is 0 Å². The van der Waals surface area contributed by atoms with Crippen LogP contribution in [0.1, 0.15) is 12.6 Å². The molecule has 0 bridgehead atoms. The van der Waals surface area contributed by atoms with Gasteiger partial charge in [-0.15, -0.1) is 24.8 Å². The largest absolute Gasteiger partial charge is 0.375 e. The van der Waals surface area contributed by atoms with Gasteiger partial charge < -0.3 is 15.0 Å². The van der Waals surface area contributed by atoms with Gasteiger partial charge in [-0.2, -0.15) is 0 Å². The minimum absolute atomic E-state index is 0. The number of carbonyl (C=O) groups is 1. The number of nitrogens with zero attached hydrogens (tertiary/aromatic N) is 2. The number of ether oxygens (including phenoxy) is 1. The molecule has 1 N–H and O–H groups in total. The van der Waals surface area contributed by atoms with Crippen molar-refractivity contribution < 1.29 is 9.53 Å². The molecule has 0 saturated carbocycles. The second-order valence-corrected chi connectivity index (χ2v) is 4.52. The molecule has 0 aromatic carbocycles. The molecule has 2 heterocycles. The van der Waals surface area contributed by atoms with Gasteiger partial charge in [-0.1, -0.05) is 6.07 Å². The molecule has 114 valence electrons. The predicted molar refractivity (Wildman–Crippen MR) is 82.4 cm³/mol. The van der Waals surface area contributed by atoms with E-state index in [-0.39, 0.29) is 42.9 Å². The summed E-state index contributed by atoms with van der Waals surface area (Å²) >= 11 is 0. The van der Waals surface area contributed by atoms with Crippen LogP contribution in [0.3, 0.4) is 0 Å². The summed E-state index contributed by atoms with van der Waals surface area (Å²) < 4.78 is 5.49. The molecular formula is C13H21Cl2N3O2. The van der Waals surface area contributed by atoms with Crippen molar-refractivity contribution in [3.05, 3.63) is 30.1 Å². The summed E-state index contributed by atoms with van der Waals surface area (Å²) in [5, 5.41) is 3.20. The quantitative estimate of drug-likeness (QED) is 0.910. The maximum Gasteiger partial charge on any atom is 0.242 e. The third kappa shape index (κ3) is 4.90. The van der Waals surface area contributed by atoms with Gasteiger partial charge in [0, 0.05) is 19.8 Å². The highest BCUT2D eigenvalue weighted by Crippen LogP contribution is 2.08. The highest BCUT2D eigenvalue weighted by molar-refractivity contribution is 5.85. The Morgan fingerprint density at radius 1 is 1.50 bits per heavy atom. The van der Waals surface area contributed by atoms with Crippen molar-refractivity contribution in [2.75, 3.05) is 20.2 Å². The summed E-state index contributed by atoms with van der Waals surface area (Å²) in [5.41, 5.74) is 0.887. The van der Waals surface area contributed by atoms with Crippen LogP contribution >= 0.6 is 24.8 Å². The Hall–Kier alpha value is -0.880. The summed E-state index contributed by atoms with van der Waals surface area (Å²) in [6.07, 6.45) is 1.65. The minimum Gasteiger partial charge on any atom is -0.375 e. The molecule has 20 heavy (non-hydrogen) atoms. The van der Waals surface area contributed by atoms with Crippen LogP contribution in [0.5, 0.6) is 0 Å². The van der Waals surface area contributed by atoms with E-state index >= 15 is 0 Å². The molecule has 2 atom stereocenters. The van der Waals surface area contributed by atoms with Crippen molar-refractivity contribution in [2.45, 2.75) is 25.6 Å². The summed E-state index contributed by atoms with van der Waals surface area (Å²) in [5.74, 6) is 0.0489. The van der Waals surface area contributed by atoms with Crippen LogP contribution in [0.15, 0.2) is 24.4 Å². The monoisotopic (exact) mass is 321 g/mol. The first-order valence-corrected chi connectivity index (χ1v) is 6.18. The maximum atomic E-state index is 12.3. The molecule has 0 spiro atoms. The van der Waals surface area contributed by atoms with Crippen LogP contribution in [-0.4, -0.2) is 48.1 Å². The van der Waals surface area contributed by atoms with Crippen molar-refractivity contribution in [2.24, 2.45) is 0 Å². The first-order chi connectivity index (χ1) is 8.68. The van der Waals surface area contributed by atoms with Crippen LogP contribution in [0.2, 0.25) is 0 Å². The highest BCUT2D eigenvalue weighted by atomic mass is 35.5. The predicted octanol–water partition coefficient (Wildman–Crippen LogP) is 1.26. The molecule has 1 aliphatic rings. The zero-order valence-corrected chi connectivity index (χ0v) is 13.2. The zero-order chi connectivity index (χ0) is 13.0. The van der Waals surface area contributed by atoms with E-state index in [1.165, 1.54) is 0 Å². The van der Waals surface area contributed by atoms with Crippen LogP contribution in [0, 0.1) is 0 Å². The number of rotatable bonds is 3. The highest BCUT2D eigenvalue weighted by Gasteiger charge is 2.30. The molecule has 1 aliphatic heterocycles. The fraction of sp³-hybridized carbons (Fsp3) is 0.538. The molecule has 5 nitrogen and oxygen atoms in total. The second kappa shape index (κ2) is 9.13. The number of hydrogen-bond donors (Lipinski definition) is 1. The van der Waals surface area contributed by atoms with Gasteiger partial charge in [0.15, 0.2) is 0 Å². The Morgan fingerprint density at radius 3 is 2.85 bits per heavy atom. The van der Waals surface area contributed by atoms with Crippen LogP contribution in [0.25, 0.3) is 0 Å². The fourth-order valence-corrected chi connectivity index (χ4v) is 2.06. The first kappa shape index (κ1) is 19.1. The maximum absolute atomic E-state index is 12.3. The summed E-state index contributed by atoms with van der Waals surface area (Å²) in [7, 11) is 1.79. The summed E-state index contributed by atoms with van der Waals surface area (Å²) in [4.78, 5) is 18.2. The summed E-state index contributed by atoms with van der Waals surface area (Å²) in [6, 6.07) is 5.44. The first-order valence-electron chi connectivity index (χ1n) is 6.18. The lowest BCUT2D eigenvalue weighted by molar-refractivity contribution is -0.138. The number of amides is 1. The Bertz CT molecular complexity index is 406. The molecule has 0 radical (unpaired) electrons. The molecule has 2 rings (SSSR count). The number of aromatic nitrogens is 1. The van der Waals surface area contributed by atoms with Crippen molar-refractivity contribution in [1.82, 2.24) is 15.2 Å². The van der Waals surface area contributed by atoms with E-state index in [0.717, 1.165) is 12.2 Å². The standard InChI is InChI=1S/C13H19N3O2.2ClH/c1-10-12(15-7-8-18-10)13(17)16(2)9-11-5-3-4-6-14-11;;/h3-6,10,12,15H,7-9H2,1-2H3;2*1H/t10-,12+;;/m1../s1. The number of hydrogen-bond acceptors (Lipinski definition) is 4. The van der Waals surface area contributed by atoms with Gasteiger partial charge in [-0.3, -0.25) is 9.78 Å². The molecule has 1 saturated heterocycles. The Morgan fingerprint density at radius 2 is 2.25 bits per heavy atom. The van der Waals surface area contributed by atoms with E-state index in [0.29, 0.717) is 13.2 Å². The number of morpholine rings is 1. The zero-order valence-electron chi connectivity index (χ0n) is 11.6. The SMILES string of the molecule is C[C@H]1OCCN[C@@H]1C(=O)N(C)Cc1ccccn1.Cl.Cl. The number of halogens is 2. The molecule has 7 heteroatoms. The van der Waals surface area contributed by atoms with Gasteiger partial charge >= 0.3 is 0 Å². The van der Waals surface area contributed by atoms with E-state index in [1.54, 1.807) is 18.1 Å². The van der Waals surface area contributed by atoms with Gasteiger partial charge in [0.1, 0.15) is 6.04 Å². The van der Waals surface area contributed by atoms with Crippen molar-refractivity contribution >= 4 is 30.7 Å². The van der Waals surface area contributed by atoms with Crippen LogP contribution in [-0.2, 0) is 16.1 Å². The minimum atomic E-state index is -0.257. The molecule has 1 aromatic heterocycles. The number of nitrogens with one attached hydrogen (secondary N) is 1. The van der Waals surface area contributed by atoms with E-state index in [1.807, 2.05) is 25.1 Å². The van der Waals surface area contributed by atoms with Crippen molar-refractivity contribution in [3.63, 3.8) is 0 Å². The van der Waals surface area contributed by atoms with E-state index < -0.39 is 0 Å². The summed E-state index contributed by atoms with van der Waals surface area (Å²) in [6.45, 7) is 3.82. The van der Waals surface area contributed by atoms with Crippen molar-refractivity contribution in [3.8, 4) is 0 Å². The number of pyridine rings is 1. The molecule has 1 aromatic rings.